The molecule has 0 bridgehead atoms. The van der Waals surface area contributed by atoms with Gasteiger partial charge < -0.3 is 4.98 Å². The van der Waals surface area contributed by atoms with E-state index in [1.54, 1.807) is 18.3 Å². The van der Waals surface area contributed by atoms with Crippen LogP contribution in [0.3, 0.4) is 0 Å². The van der Waals surface area contributed by atoms with Crippen molar-refractivity contribution in [3.63, 3.8) is 0 Å². The van der Waals surface area contributed by atoms with Gasteiger partial charge in [-0.1, -0.05) is 11.6 Å². The Morgan fingerprint density at radius 1 is 1.33 bits per heavy atom. The van der Waals surface area contributed by atoms with Crippen LogP contribution in [0.2, 0.25) is 5.02 Å². The topological polar surface area (TPSA) is 53.2 Å². The van der Waals surface area contributed by atoms with Gasteiger partial charge in [0.1, 0.15) is 5.67 Å². The summed E-state index contributed by atoms with van der Waals surface area (Å²) < 4.78 is 39.8. The second kappa shape index (κ2) is 4.97. The second-order valence-electron chi connectivity index (χ2n) is 5.52. The maximum atomic E-state index is 15.4. The summed E-state index contributed by atoms with van der Waals surface area (Å²) in [5.41, 5.74) is -0.216. The molecule has 1 aromatic heterocycles. The van der Waals surface area contributed by atoms with Gasteiger partial charge in [0, 0.05) is 35.2 Å². The Labute approximate surface area is 127 Å². The van der Waals surface area contributed by atoms with Crippen LogP contribution in [-0.2, 0) is 15.7 Å². The molecule has 0 saturated carbocycles. The summed E-state index contributed by atoms with van der Waals surface area (Å²) in [5, 5.41) is 1.28. The Morgan fingerprint density at radius 3 is 2.62 bits per heavy atom. The van der Waals surface area contributed by atoms with Crippen LogP contribution in [0, 0.1) is 0 Å². The molecule has 4 nitrogen and oxygen atoms in total. The molecule has 0 aliphatic carbocycles. The average Bonchev–Trinajstić information content (AvgIpc) is 2.85. The van der Waals surface area contributed by atoms with E-state index in [1.165, 1.54) is 4.31 Å². The van der Waals surface area contributed by atoms with Crippen LogP contribution in [-0.4, -0.2) is 37.1 Å². The molecular formula is C14H16ClFN2O2S. The molecule has 1 saturated heterocycles. The molecule has 7 heteroatoms. The van der Waals surface area contributed by atoms with E-state index in [-0.39, 0.29) is 25.9 Å². The number of piperidine rings is 1. The van der Waals surface area contributed by atoms with E-state index in [9.17, 15) is 8.42 Å². The number of fused-ring (bicyclic) bond motifs is 1. The van der Waals surface area contributed by atoms with Crippen LogP contribution in [0.15, 0.2) is 24.4 Å². The molecule has 114 valence electrons. The Hall–Kier alpha value is -1.11. The minimum absolute atomic E-state index is 0.140. The predicted molar refractivity (Wildman–Crippen MR) is 81.7 cm³/mol. The van der Waals surface area contributed by atoms with Crippen molar-refractivity contribution in [2.24, 2.45) is 0 Å². The molecule has 21 heavy (non-hydrogen) atoms. The van der Waals surface area contributed by atoms with Crippen LogP contribution < -0.4 is 0 Å². The zero-order chi connectivity index (χ0) is 15.3. The third kappa shape index (κ3) is 2.67. The molecule has 1 N–H and O–H groups in total. The minimum atomic E-state index is -3.26. The van der Waals surface area contributed by atoms with E-state index in [4.69, 9.17) is 11.6 Å². The van der Waals surface area contributed by atoms with Gasteiger partial charge in [0.15, 0.2) is 0 Å². The molecule has 0 unspecified atom stereocenters. The molecule has 2 aromatic rings. The van der Waals surface area contributed by atoms with Crippen molar-refractivity contribution >= 4 is 32.5 Å². The standard InChI is InChI=1S/C14H16ClFN2O2S/c1-21(19,20)18-6-3-14(16,4-7-18)12-8-10(15)9-13-11(12)2-5-17-13/h2,5,8-9,17H,3-4,6-7H2,1H3. The predicted octanol–water partition coefficient (Wildman–Crippen LogP) is 3.04. The van der Waals surface area contributed by atoms with Gasteiger partial charge in [-0.3, -0.25) is 0 Å². The highest BCUT2D eigenvalue weighted by Gasteiger charge is 2.39. The minimum Gasteiger partial charge on any atom is -0.361 e. The van der Waals surface area contributed by atoms with Gasteiger partial charge in [-0.05, 0) is 36.6 Å². The van der Waals surface area contributed by atoms with Crippen molar-refractivity contribution in [1.29, 1.82) is 0 Å². The number of rotatable bonds is 2. The largest absolute Gasteiger partial charge is 0.361 e. The van der Waals surface area contributed by atoms with E-state index in [2.05, 4.69) is 4.98 Å². The van der Waals surface area contributed by atoms with Crippen molar-refractivity contribution in [1.82, 2.24) is 9.29 Å². The molecule has 0 radical (unpaired) electrons. The number of aromatic nitrogens is 1. The monoisotopic (exact) mass is 330 g/mol. The van der Waals surface area contributed by atoms with E-state index in [0.717, 1.165) is 17.2 Å². The molecule has 1 aliphatic rings. The first-order chi connectivity index (χ1) is 9.79. The first kappa shape index (κ1) is 14.8. The van der Waals surface area contributed by atoms with Crippen molar-refractivity contribution in [3.8, 4) is 0 Å². The number of alkyl halides is 1. The fourth-order valence-corrected chi connectivity index (χ4v) is 4.01. The Kier molecular flexibility index (Phi) is 3.50. The number of aromatic amines is 1. The fraction of sp³-hybridized carbons (Fsp3) is 0.429. The lowest BCUT2D eigenvalue weighted by Crippen LogP contribution is -2.42. The molecule has 0 spiro atoms. The van der Waals surface area contributed by atoms with E-state index in [1.807, 2.05) is 6.07 Å². The van der Waals surface area contributed by atoms with Gasteiger partial charge in [0.05, 0.1) is 6.26 Å². The maximum absolute atomic E-state index is 15.4. The van der Waals surface area contributed by atoms with Crippen molar-refractivity contribution in [2.45, 2.75) is 18.5 Å². The SMILES string of the molecule is CS(=O)(=O)N1CCC(F)(c2cc(Cl)cc3[nH]ccc23)CC1. The quantitative estimate of drug-likeness (QED) is 0.920. The molecule has 1 aromatic carbocycles. The Bertz CT molecular complexity index is 779. The maximum Gasteiger partial charge on any atom is 0.211 e. The van der Waals surface area contributed by atoms with Crippen LogP contribution in [0.5, 0.6) is 0 Å². The number of nitrogens with one attached hydrogen (secondary N) is 1. The molecule has 1 fully saturated rings. The normalized spacial score (nSPS) is 20.0. The fourth-order valence-electron chi connectivity index (χ4n) is 2.94. The number of sulfonamides is 1. The molecular weight excluding hydrogens is 315 g/mol. The van der Waals surface area contributed by atoms with E-state index >= 15 is 4.39 Å². The summed E-state index contributed by atoms with van der Waals surface area (Å²) in [7, 11) is -3.26. The third-order valence-corrected chi connectivity index (χ3v) is 5.62. The summed E-state index contributed by atoms with van der Waals surface area (Å²) in [4.78, 5) is 3.03. The van der Waals surface area contributed by atoms with Crippen molar-refractivity contribution < 1.29 is 12.8 Å². The lowest BCUT2D eigenvalue weighted by atomic mass is 9.85. The summed E-state index contributed by atoms with van der Waals surface area (Å²) >= 11 is 6.07. The number of nitrogens with zero attached hydrogens (tertiary/aromatic N) is 1. The van der Waals surface area contributed by atoms with Gasteiger partial charge in [-0.2, -0.15) is 0 Å². The molecule has 0 atom stereocenters. The average molecular weight is 331 g/mol. The highest BCUT2D eigenvalue weighted by molar-refractivity contribution is 7.88. The van der Waals surface area contributed by atoms with Crippen LogP contribution >= 0.6 is 11.6 Å². The smallest absolute Gasteiger partial charge is 0.211 e. The van der Waals surface area contributed by atoms with Gasteiger partial charge in [-0.25, -0.2) is 17.1 Å². The first-order valence-corrected chi connectivity index (χ1v) is 8.93. The van der Waals surface area contributed by atoms with E-state index < -0.39 is 15.7 Å². The summed E-state index contributed by atoms with van der Waals surface area (Å²) in [6, 6.07) is 5.23. The highest BCUT2D eigenvalue weighted by Crippen LogP contribution is 2.41. The van der Waals surface area contributed by atoms with Crippen LogP contribution in [0.25, 0.3) is 10.9 Å². The van der Waals surface area contributed by atoms with Crippen LogP contribution in [0.4, 0.5) is 4.39 Å². The van der Waals surface area contributed by atoms with Gasteiger partial charge in [0.2, 0.25) is 10.0 Å². The Morgan fingerprint density at radius 2 is 2.00 bits per heavy atom. The molecule has 2 heterocycles. The van der Waals surface area contributed by atoms with Gasteiger partial charge in [-0.15, -0.1) is 0 Å². The van der Waals surface area contributed by atoms with Crippen molar-refractivity contribution in [2.75, 3.05) is 19.3 Å². The molecule has 1 aliphatic heterocycles. The summed E-state index contributed by atoms with van der Waals surface area (Å²) in [6.45, 7) is 0.377. The lowest BCUT2D eigenvalue weighted by Gasteiger charge is -2.35. The highest BCUT2D eigenvalue weighted by atomic mass is 35.5. The number of H-pyrrole nitrogens is 1. The summed E-state index contributed by atoms with van der Waals surface area (Å²) in [5.74, 6) is 0. The zero-order valence-electron chi connectivity index (χ0n) is 11.6. The number of hydrogen-bond acceptors (Lipinski definition) is 2. The summed E-state index contributed by atoms with van der Waals surface area (Å²) in [6.07, 6.45) is 3.18. The third-order valence-electron chi connectivity index (χ3n) is 4.10. The number of hydrogen-bond donors (Lipinski definition) is 1. The Balaban J connectivity index is 1.98. The zero-order valence-corrected chi connectivity index (χ0v) is 13.1. The van der Waals surface area contributed by atoms with Gasteiger partial charge in [0.25, 0.3) is 0 Å². The van der Waals surface area contributed by atoms with Crippen LogP contribution in [0.1, 0.15) is 18.4 Å². The number of halogens is 2. The van der Waals surface area contributed by atoms with Gasteiger partial charge >= 0.3 is 0 Å². The molecule has 0 amide bonds. The molecule has 3 rings (SSSR count). The number of benzene rings is 1. The second-order valence-corrected chi connectivity index (χ2v) is 7.94. The lowest BCUT2D eigenvalue weighted by molar-refractivity contribution is 0.0888. The van der Waals surface area contributed by atoms with Crippen molar-refractivity contribution in [3.05, 3.63) is 35.0 Å². The first-order valence-electron chi connectivity index (χ1n) is 6.71. The van der Waals surface area contributed by atoms with E-state index in [0.29, 0.717) is 10.6 Å².